The second-order valence-corrected chi connectivity index (χ2v) is 5.57. The van der Waals surface area contributed by atoms with E-state index >= 15 is 0 Å². The van der Waals surface area contributed by atoms with E-state index in [1.54, 1.807) is 6.26 Å². The molecule has 0 heterocycles. The van der Waals surface area contributed by atoms with Gasteiger partial charge < -0.3 is 5.73 Å². The van der Waals surface area contributed by atoms with Crippen molar-refractivity contribution in [3.63, 3.8) is 0 Å². The summed E-state index contributed by atoms with van der Waals surface area (Å²) in [6, 6.07) is 8.10. The van der Waals surface area contributed by atoms with Crippen LogP contribution in [0.4, 0.5) is 0 Å². The molecule has 1 aromatic rings. The lowest BCUT2D eigenvalue weighted by molar-refractivity contribution is 0.647. The van der Waals surface area contributed by atoms with E-state index in [1.165, 1.54) is 5.56 Å². The first kappa shape index (κ1) is 12.4. The van der Waals surface area contributed by atoms with Gasteiger partial charge in [0, 0.05) is 23.1 Å². The van der Waals surface area contributed by atoms with E-state index in [9.17, 15) is 4.21 Å². The summed E-state index contributed by atoms with van der Waals surface area (Å²) in [4.78, 5) is 0. The Morgan fingerprint density at radius 3 is 2.27 bits per heavy atom. The molecule has 3 unspecified atom stereocenters. The third-order valence-corrected chi connectivity index (χ3v) is 4.14. The number of nitrogens with two attached hydrogens (primary N) is 1. The van der Waals surface area contributed by atoms with Gasteiger partial charge in [-0.15, -0.1) is 0 Å². The lowest BCUT2D eigenvalue weighted by Gasteiger charge is -2.18. The predicted molar refractivity (Wildman–Crippen MR) is 66.3 cm³/mol. The van der Waals surface area contributed by atoms with E-state index < -0.39 is 10.8 Å². The van der Waals surface area contributed by atoms with Crippen molar-refractivity contribution >= 4 is 10.8 Å². The van der Waals surface area contributed by atoms with Crippen LogP contribution in [-0.2, 0) is 17.2 Å². The molecule has 3 atom stereocenters. The van der Waals surface area contributed by atoms with E-state index in [0.29, 0.717) is 0 Å². The lowest BCUT2D eigenvalue weighted by atomic mass is 10.0. The Morgan fingerprint density at radius 1 is 1.33 bits per heavy atom. The Bertz CT molecular complexity index is 334. The summed E-state index contributed by atoms with van der Waals surface area (Å²) in [6.07, 6.45) is 2.73. The Kier molecular flexibility index (Phi) is 4.48. The normalized spacial score (nSPS) is 17.1. The van der Waals surface area contributed by atoms with Crippen molar-refractivity contribution in [2.45, 2.75) is 31.6 Å². The average molecular weight is 225 g/mol. The van der Waals surface area contributed by atoms with Gasteiger partial charge in [0.15, 0.2) is 0 Å². The SMILES string of the molecule is CCc1ccc(C(N)C(C)S(C)=O)cc1. The molecule has 1 aromatic carbocycles. The van der Waals surface area contributed by atoms with Gasteiger partial charge in [-0.1, -0.05) is 31.2 Å². The fourth-order valence-electron chi connectivity index (χ4n) is 1.45. The van der Waals surface area contributed by atoms with Gasteiger partial charge in [0.1, 0.15) is 0 Å². The molecule has 0 aliphatic heterocycles. The summed E-state index contributed by atoms with van der Waals surface area (Å²) in [5, 5.41) is -0.00234. The van der Waals surface area contributed by atoms with Crippen LogP contribution in [0.5, 0.6) is 0 Å². The smallest absolute Gasteiger partial charge is 0.0509 e. The first-order chi connectivity index (χ1) is 7.06. The van der Waals surface area contributed by atoms with Crippen LogP contribution in [0.15, 0.2) is 24.3 Å². The van der Waals surface area contributed by atoms with Crippen molar-refractivity contribution in [1.82, 2.24) is 0 Å². The minimum absolute atomic E-state index is 0.00234. The zero-order chi connectivity index (χ0) is 11.4. The highest BCUT2D eigenvalue weighted by Crippen LogP contribution is 2.18. The average Bonchev–Trinajstić information content (AvgIpc) is 2.27. The molecule has 15 heavy (non-hydrogen) atoms. The molecule has 0 fully saturated rings. The maximum atomic E-state index is 11.3. The zero-order valence-electron chi connectivity index (χ0n) is 9.57. The van der Waals surface area contributed by atoms with E-state index in [4.69, 9.17) is 5.73 Å². The number of hydrogen-bond donors (Lipinski definition) is 1. The molecule has 0 spiro atoms. The minimum atomic E-state index is -0.873. The fourth-order valence-corrected chi connectivity index (χ4v) is 2.02. The summed E-state index contributed by atoms with van der Waals surface area (Å²) in [7, 11) is -0.873. The van der Waals surface area contributed by atoms with Crippen molar-refractivity contribution in [3.8, 4) is 0 Å². The van der Waals surface area contributed by atoms with Crippen LogP contribution in [0.25, 0.3) is 0 Å². The van der Waals surface area contributed by atoms with Gasteiger partial charge in [-0.05, 0) is 24.5 Å². The first-order valence-corrected chi connectivity index (χ1v) is 6.85. The van der Waals surface area contributed by atoms with Gasteiger partial charge in [0.25, 0.3) is 0 Å². The quantitative estimate of drug-likeness (QED) is 0.852. The fraction of sp³-hybridized carbons (Fsp3) is 0.500. The van der Waals surface area contributed by atoms with Crippen LogP contribution >= 0.6 is 0 Å². The molecule has 0 saturated carbocycles. The Morgan fingerprint density at radius 2 is 1.87 bits per heavy atom. The molecule has 2 N–H and O–H groups in total. The van der Waals surface area contributed by atoms with Crippen molar-refractivity contribution in [2.75, 3.05) is 6.26 Å². The minimum Gasteiger partial charge on any atom is -0.323 e. The lowest BCUT2D eigenvalue weighted by Crippen LogP contribution is -2.27. The van der Waals surface area contributed by atoms with Gasteiger partial charge in [-0.3, -0.25) is 4.21 Å². The van der Waals surface area contributed by atoms with Gasteiger partial charge in [-0.2, -0.15) is 0 Å². The molecular formula is C12H19NOS. The summed E-state index contributed by atoms with van der Waals surface area (Å²) < 4.78 is 11.3. The van der Waals surface area contributed by atoms with Crippen LogP contribution in [0.3, 0.4) is 0 Å². The van der Waals surface area contributed by atoms with E-state index in [-0.39, 0.29) is 11.3 Å². The highest BCUT2D eigenvalue weighted by Gasteiger charge is 2.17. The van der Waals surface area contributed by atoms with E-state index in [0.717, 1.165) is 12.0 Å². The predicted octanol–water partition coefficient (Wildman–Crippen LogP) is 2.02. The second kappa shape index (κ2) is 5.42. The molecule has 0 saturated heterocycles. The number of hydrogen-bond acceptors (Lipinski definition) is 2. The molecule has 0 radical (unpaired) electrons. The van der Waals surface area contributed by atoms with Gasteiger partial charge >= 0.3 is 0 Å². The van der Waals surface area contributed by atoms with E-state index in [2.05, 4.69) is 19.1 Å². The molecule has 2 nitrogen and oxygen atoms in total. The topological polar surface area (TPSA) is 43.1 Å². The van der Waals surface area contributed by atoms with Crippen LogP contribution < -0.4 is 5.73 Å². The van der Waals surface area contributed by atoms with Gasteiger partial charge in [0.2, 0.25) is 0 Å². The van der Waals surface area contributed by atoms with E-state index in [1.807, 2.05) is 19.1 Å². The number of aryl methyl sites for hydroxylation is 1. The Labute approximate surface area is 94.3 Å². The molecule has 0 amide bonds. The second-order valence-electron chi connectivity index (χ2n) is 3.82. The van der Waals surface area contributed by atoms with Crippen LogP contribution in [0.2, 0.25) is 0 Å². The molecule has 1 rings (SSSR count). The van der Waals surface area contributed by atoms with Gasteiger partial charge in [-0.25, -0.2) is 0 Å². The number of rotatable bonds is 4. The zero-order valence-corrected chi connectivity index (χ0v) is 10.4. The molecule has 0 aliphatic carbocycles. The monoisotopic (exact) mass is 225 g/mol. The first-order valence-electron chi connectivity index (χ1n) is 5.23. The highest BCUT2D eigenvalue weighted by molar-refractivity contribution is 7.84. The Balaban J connectivity index is 2.82. The largest absolute Gasteiger partial charge is 0.323 e. The summed E-state index contributed by atoms with van der Waals surface area (Å²) in [6.45, 7) is 4.05. The maximum absolute atomic E-state index is 11.3. The summed E-state index contributed by atoms with van der Waals surface area (Å²) in [5.41, 5.74) is 8.40. The maximum Gasteiger partial charge on any atom is 0.0509 e. The van der Waals surface area contributed by atoms with Crippen molar-refractivity contribution in [1.29, 1.82) is 0 Å². The molecule has 0 aliphatic rings. The van der Waals surface area contributed by atoms with Crippen molar-refractivity contribution in [3.05, 3.63) is 35.4 Å². The summed E-state index contributed by atoms with van der Waals surface area (Å²) in [5.74, 6) is 0. The molecule has 3 heteroatoms. The van der Waals surface area contributed by atoms with Crippen LogP contribution in [-0.4, -0.2) is 15.7 Å². The Hall–Kier alpha value is -0.670. The van der Waals surface area contributed by atoms with Crippen LogP contribution in [0, 0.1) is 0 Å². The van der Waals surface area contributed by atoms with Crippen LogP contribution in [0.1, 0.15) is 31.0 Å². The third-order valence-electron chi connectivity index (χ3n) is 2.80. The van der Waals surface area contributed by atoms with Crippen molar-refractivity contribution in [2.24, 2.45) is 5.73 Å². The molecule has 84 valence electrons. The standard InChI is InChI=1S/C12H19NOS/c1-4-10-5-7-11(8-6-10)12(13)9(2)15(3)14/h5-9,12H,4,13H2,1-3H3. The molecule has 0 bridgehead atoms. The summed E-state index contributed by atoms with van der Waals surface area (Å²) >= 11 is 0. The highest BCUT2D eigenvalue weighted by atomic mass is 32.2. The van der Waals surface area contributed by atoms with Crippen molar-refractivity contribution < 1.29 is 4.21 Å². The third kappa shape index (κ3) is 3.14. The molecular weight excluding hydrogens is 206 g/mol. The number of benzene rings is 1. The van der Waals surface area contributed by atoms with Gasteiger partial charge in [0.05, 0.1) is 5.25 Å². The molecule has 0 aromatic heterocycles.